The molecule has 316 valence electrons. The van der Waals surface area contributed by atoms with Crippen LogP contribution < -0.4 is 14.7 Å². The van der Waals surface area contributed by atoms with Crippen LogP contribution >= 0.6 is 0 Å². The van der Waals surface area contributed by atoms with Gasteiger partial charge in [-0.15, -0.1) is 0 Å². The summed E-state index contributed by atoms with van der Waals surface area (Å²) in [5.41, 5.74) is 19.5. The molecule has 0 N–H and O–H groups in total. The predicted octanol–water partition coefficient (Wildman–Crippen LogP) is 17.7. The number of anilines is 9. The standard InChI is InChI=1S/C62H53N3/c1-46-20-11-15-29-58(46)64(59-30-16-12-21-47(59)2)55-41-35-50(36-42-55)34-40-52-24-19-33-62(63(53-25-7-5-8-26-53)54-27-9-6-10-28-54)57(52)45-39-51-37-43-56(44-38-51)65(60-31-17-13-22-48(60)3)61-32-18-14-23-49(61)4/h5-45H,1-4H3. The normalized spacial score (nSPS) is 11.3. The Morgan fingerprint density at radius 3 is 0.954 bits per heavy atom. The average molecular weight is 840 g/mol. The molecule has 0 unspecified atom stereocenters. The van der Waals surface area contributed by atoms with Crippen molar-refractivity contribution in [1.82, 2.24) is 0 Å². The van der Waals surface area contributed by atoms with Crippen LogP contribution in [0, 0.1) is 27.7 Å². The monoisotopic (exact) mass is 839 g/mol. The van der Waals surface area contributed by atoms with E-state index in [1.54, 1.807) is 0 Å². The molecule has 0 fully saturated rings. The van der Waals surface area contributed by atoms with E-state index in [1.165, 1.54) is 45.0 Å². The Labute approximate surface area is 385 Å². The highest BCUT2D eigenvalue weighted by atomic mass is 15.2. The van der Waals surface area contributed by atoms with Gasteiger partial charge in [0.15, 0.2) is 0 Å². The minimum absolute atomic E-state index is 1.09. The highest BCUT2D eigenvalue weighted by Crippen LogP contribution is 2.42. The van der Waals surface area contributed by atoms with Crippen LogP contribution in [0.25, 0.3) is 24.3 Å². The maximum Gasteiger partial charge on any atom is 0.0540 e. The number of nitrogens with zero attached hydrogens (tertiary/aromatic N) is 3. The lowest BCUT2D eigenvalue weighted by atomic mass is 10.00. The Hall–Kier alpha value is -8.14. The fraction of sp³-hybridized carbons (Fsp3) is 0.0645. The SMILES string of the molecule is Cc1ccccc1N(c1ccc(C=Cc2cccc(N(c3ccccc3)c3ccccc3)c2C=Cc2ccc(N(c3ccccc3C)c3ccccc3C)cc2)cc1)c1ccccc1C. The van der Waals surface area contributed by atoms with E-state index in [2.05, 4.69) is 291 Å². The zero-order chi connectivity index (χ0) is 44.5. The molecule has 0 aliphatic carbocycles. The van der Waals surface area contributed by atoms with Crippen molar-refractivity contribution in [1.29, 1.82) is 0 Å². The summed E-state index contributed by atoms with van der Waals surface area (Å²) in [7, 11) is 0. The van der Waals surface area contributed by atoms with Crippen molar-refractivity contribution >= 4 is 75.5 Å². The van der Waals surface area contributed by atoms with Crippen molar-refractivity contribution in [2.24, 2.45) is 0 Å². The first-order valence-corrected chi connectivity index (χ1v) is 22.4. The molecule has 3 heteroatoms. The first-order chi connectivity index (χ1) is 31.9. The lowest BCUT2D eigenvalue weighted by Crippen LogP contribution is -2.12. The first-order valence-electron chi connectivity index (χ1n) is 22.4. The molecule has 0 spiro atoms. The minimum atomic E-state index is 1.09. The molecule has 0 amide bonds. The van der Waals surface area contributed by atoms with E-state index in [0.29, 0.717) is 0 Å². The van der Waals surface area contributed by atoms with Gasteiger partial charge in [0.05, 0.1) is 5.69 Å². The Morgan fingerprint density at radius 1 is 0.246 bits per heavy atom. The first kappa shape index (κ1) is 42.2. The van der Waals surface area contributed by atoms with E-state index in [0.717, 1.165) is 50.7 Å². The van der Waals surface area contributed by atoms with E-state index >= 15 is 0 Å². The van der Waals surface area contributed by atoms with Crippen LogP contribution in [0.15, 0.2) is 224 Å². The second-order valence-electron chi connectivity index (χ2n) is 16.5. The minimum Gasteiger partial charge on any atom is -0.310 e. The number of hydrogen-bond acceptors (Lipinski definition) is 3. The summed E-state index contributed by atoms with van der Waals surface area (Å²) in [5, 5.41) is 0. The Morgan fingerprint density at radius 2 is 0.569 bits per heavy atom. The van der Waals surface area contributed by atoms with Gasteiger partial charge in [-0.2, -0.15) is 0 Å². The topological polar surface area (TPSA) is 9.72 Å². The Bertz CT molecular complexity index is 2940. The molecule has 9 rings (SSSR count). The summed E-state index contributed by atoms with van der Waals surface area (Å²) in [5.74, 6) is 0. The van der Waals surface area contributed by atoms with Gasteiger partial charge in [0, 0.05) is 51.1 Å². The summed E-state index contributed by atoms with van der Waals surface area (Å²) in [4.78, 5) is 7.08. The average Bonchev–Trinajstić information content (AvgIpc) is 3.34. The summed E-state index contributed by atoms with van der Waals surface area (Å²) in [6.45, 7) is 8.71. The number of aryl methyl sites for hydroxylation is 4. The van der Waals surface area contributed by atoms with Gasteiger partial charge in [0.2, 0.25) is 0 Å². The number of para-hydroxylation sites is 6. The van der Waals surface area contributed by atoms with Crippen molar-refractivity contribution in [3.05, 3.63) is 269 Å². The van der Waals surface area contributed by atoms with E-state index in [4.69, 9.17) is 0 Å². The molecule has 0 saturated carbocycles. The van der Waals surface area contributed by atoms with Gasteiger partial charge in [-0.3, -0.25) is 0 Å². The highest BCUT2D eigenvalue weighted by molar-refractivity contribution is 5.91. The maximum atomic E-state index is 2.36. The molecule has 0 radical (unpaired) electrons. The molecule has 65 heavy (non-hydrogen) atoms. The zero-order valence-electron chi connectivity index (χ0n) is 37.5. The van der Waals surface area contributed by atoms with Gasteiger partial charge < -0.3 is 14.7 Å². The largest absolute Gasteiger partial charge is 0.310 e. The molecule has 9 aromatic carbocycles. The van der Waals surface area contributed by atoms with Gasteiger partial charge in [0.1, 0.15) is 0 Å². The summed E-state index contributed by atoms with van der Waals surface area (Å²) in [6, 6.07) is 80.0. The quantitative estimate of drug-likeness (QED) is 0.107. The van der Waals surface area contributed by atoms with Crippen LogP contribution in [0.4, 0.5) is 51.2 Å². The number of hydrogen-bond donors (Lipinski definition) is 0. The van der Waals surface area contributed by atoms with E-state index < -0.39 is 0 Å². The fourth-order valence-electron chi connectivity index (χ4n) is 8.58. The van der Waals surface area contributed by atoms with Gasteiger partial charge in [-0.05, 0) is 146 Å². The fourth-order valence-corrected chi connectivity index (χ4v) is 8.58. The third-order valence-corrected chi connectivity index (χ3v) is 12.0. The van der Waals surface area contributed by atoms with Gasteiger partial charge >= 0.3 is 0 Å². The summed E-state index contributed by atoms with van der Waals surface area (Å²) in [6.07, 6.45) is 8.98. The van der Waals surface area contributed by atoms with Gasteiger partial charge in [0.25, 0.3) is 0 Å². The van der Waals surface area contributed by atoms with Gasteiger partial charge in [-0.25, -0.2) is 0 Å². The molecule has 0 heterocycles. The summed E-state index contributed by atoms with van der Waals surface area (Å²) < 4.78 is 0. The lowest BCUT2D eigenvalue weighted by Gasteiger charge is -2.28. The van der Waals surface area contributed by atoms with E-state index in [-0.39, 0.29) is 0 Å². The Kier molecular flexibility index (Phi) is 12.7. The molecule has 0 atom stereocenters. The smallest absolute Gasteiger partial charge is 0.0540 e. The van der Waals surface area contributed by atoms with Crippen molar-refractivity contribution in [3.63, 3.8) is 0 Å². The molecule has 0 aromatic heterocycles. The molecule has 0 saturated heterocycles. The van der Waals surface area contributed by atoms with E-state index in [9.17, 15) is 0 Å². The second kappa shape index (κ2) is 19.5. The molecule has 0 aliphatic heterocycles. The van der Waals surface area contributed by atoms with Crippen molar-refractivity contribution in [3.8, 4) is 0 Å². The lowest BCUT2D eigenvalue weighted by molar-refractivity contribution is 1.22. The van der Waals surface area contributed by atoms with Crippen LogP contribution in [0.1, 0.15) is 44.5 Å². The highest BCUT2D eigenvalue weighted by Gasteiger charge is 2.19. The maximum absolute atomic E-state index is 2.36. The van der Waals surface area contributed by atoms with Crippen molar-refractivity contribution < 1.29 is 0 Å². The third kappa shape index (κ3) is 9.32. The molecule has 9 aromatic rings. The molecular weight excluding hydrogens is 787 g/mol. The van der Waals surface area contributed by atoms with Gasteiger partial charge in [-0.1, -0.05) is 170 Å². The second-order valence-corrected chi connectivity index (χ2v) is 16.5. The molecule has 0 bridgehead atoms. The van der Waals surface area contributed by atoms with Crippen molar-refractivity contribution in [2.75, 3.05) is 14.7 Å². The third-order valence-electron chi connectivity index (χ3n) is 12.0. The predicted molar refractivity (Wildman–Crippen MR) is 280 cm³/mol. The molecule has 3 nitrogen and oxygen atoms in total. The van der Waals surface area contributed by atoms with E-state index in [1.807, 2.05) is 0 Å². The number of rotatable bonds is 13. The molecular formula is C62H53N3. The van der Waals surface area contributed by atoms with Crippen LogP contribution in [0.5, 0.6) is 0 Å². The zero-order valence-corrected chi connectivity index (χ0v) is 37.5. The van der Waals surface area contributed by atoms with Crippen LogP contribution in [-0.2, 0) is 0 Å². The van der Waals surface area contributed by atoms with Crippen LogP contribution in [0.3, 0.4) is 0 Å². The molecule has 0 aliphatic rings. The van der Waals surface area contributed by atoms with Crippen LogP contribution in [-0.4, -0.2) is 0 Å². The van der Waals surface area contributed by atoms with Crippen LogP contribution in [0.2, 0.25) is 0 Å². The number of benzene rings is 9. The van der Waals surface area contributed by atoms with Crippen molar-refractivity contribution in [2.45, 2.75) is 27.7 Å². The Balaban J connectivity index is 1.10. The summed E-state index contributed by atoms with van der Waals surface area (Å²) >= 11 is 0.